The molecule has 0 bridgehead atoms. The third-order valence-electron chi connectivity index (χ3n) is 2.90. The second-order valence-electron chi connectivity index (χ2n) is 4.27. The summed E-state index contributed by atoms with van der Waals surface area (Å²) in [6.45, 7) is 5.55. The summed E-state index contributed by atoms with van der Waals surface area (Å²) in [7, 11) is 2.02. The summed E-state index contributed by atoms with van der Waals surface area (Å²) in [6.07, 6.45) is 3.35. The molecule has 0 aromatic rings. The van der Waals surface area contributed by atoms with Crippen LogP contribution in [0.25, 0.3) is 0 Å². The summed E-state index contributed by atoms with van der Waals surface area (Å²) in [5, 5.41) is 6.24. The number of carbonyl (C=O) groups excluding carboxylic acids is 1. The minimum absolute atomic E-state index is 0.151. The molecule has 1 saturated heterocycles. The minimum atomic E-state index is 0.151. The normalized spacial score (nSPS) is 20.9. The number of nitrogens with zero attached hydrogens (tertiary/aromatic N) is 1. The topological polar surface area (TPSA) is 44.4 Å². The Morgan fingerprint density at radius 1 is 1.60 bits per heavy atom. The minimum Gasteiger partial charge on any atom is -0.355 e. The Labute approximate surface area is 92.4 Å². The molecule has 4 heteroatoms. The van der Waals surface area contributed by atoms with Gasteiger partial charge in [-0.25, -0.2) is 0 Å². The van der Waals surface area contributed by atoms with E-state index in [0.29, 0.717) is 12.6 Å². The van der Waals surface area contributed by atoms with E-state index in [0.717, 1.165) is 38.9 Å². The van der Waals surface area contributed by atoms with Gasteiger partial charge in [-0.3, -0.25) is 9.69 Å². The van der Waals surface area contributed by atoms with E-state index in [-0.39, 0.29) is 5.91 Å². The van der Waals surface area contributed by atoms with Gasteiger partial charge in [0, 0.05) is 19.1 Å². The lowest BCUT2D eigenvalue weighted by atomic mass is 10.2. The fourth-order valence-corrected chi connectivity index (χ4v) is 1.83. The van der Waals surface area contributed by atoms with Crippen LogP contribution in [0.15, 0.2) is 0 Å². The van der Waals surface area contributed by atoms with Gasteiger partial charge in [-0.2, -0.15) is 0 Å². The lowest BCUT2D eigenvalue weighted by Crippen LogP contribution is -2.41. The number of hydrogen-bond donors (Lipinski definition) is 2. The van der Waals surface area contributed by atoms with Gasteiger partial charge in [0.2, 0.25) is 5.91 Å². The molecule has 0 aromatic carbocycles. The van der Waals surface area contributed by atoms with Gasteiger partial charge in [0.15, 0.2) is 0 Å². The molecule has 1 rings (SSSR count). The molecule has 88 valence electrons. The van der Waals surface area contributed by atoms with E-state index >= 15 is 0 Å². The number of hydrogen-bond acceptors (Lipinski definition) is 3. The molecule has 1 unspecified atom stereocenters. The molecule has 1 aliphatic heterocycles. The van der Waals surface area contributed by atoms with Crippen molar-refractivity contribution >= 4 is 5.91 Å². The zero-order valence-electron chi connectivity index (χ0n) is 9.88. The van der Waals surface area contributed by atoms with Crippen molar-refractivity contribution in [3.8, 4) is 0 Å². The summed E-state index contributed by atoms with van der Waals surface area (Å²) in [5.74, 6) is 0.151. The summed E-state index contributed by atoms with van der Waals surface area (Å²) >= 11 is 0. The van der Waals surface area contributed by atoms with Crippen LogP contribution in [0.2, 0.25) is 0 Å². The van der Waals surface area contributed by atoms with Crippen molar-refractivity contribution in [1.82, 2.24) is 15.5 Å². The number of likely N-dealkylation sites (N-methyl/N-ethyl adjacent to an activating group) is 1. The SMILES string of the molecule is CCCCNC(=O)CN(C)C1CCNC1. The smallest absolute Gasteiger partial charge is 0.234 e. The second-order valence-corrected chi connectivity index (χ2v) is 4.27. The molecular weight excluding hydrogens is 190 g/mol. The Bertz CT molecular complexity index is 190. The number of carbonyl (C=O) groups is 1. The molecule has 2 N–H and O–H groups in total. The number of unbranched alkanes of at least 4 members (excludes halogenated alkanes) is 1. The first-order chi connectivity index (χ1) is 7.24. The quantitative estimate of drug-likeness (QED) is 0.619. The summed E-state index contributed by atoms with van der Waals surface area (Å²) in [5.41, 5.74) is 0. The Morgan fingerprint density at radius 3 is 3.00 bits per heavy atom. The van der Waals surface area contributed by atoms with Gasteiger partial charge in [0.1, 0.15) is 0 Å². The molecule has 0 aromatic heterocycles. The third-order valence-corrected chi connectivity index (χ3v) is 2.90. The molecule has 0 saturated carbocycles. The standard InChI is InChI=1S/C11H23N3O/c1-3-4-6-13-11(15)9-14(2)10-5-7-12-8-10/h10,12H,3-9H2,1-2H3,(H,13,15). The zero-order chi connectivity index (χ0) is 11.1. The maximum Gasteiger partial charge on any atom is 0.234 e. The van der Waals surface area contributed by atoms with Crippen LogP contribution < -0.4 is 10.6 Å². The van der Waals surface area contributed by atoms with Crippen molar-refractivity contribution in [1.29, 1.82) is 0 Å². The average Bonchev–Trinajstić information content (AvgIpc) is 2.70. The first-order valence-electron chi connectivity index (χ1n) is 5.91. The number of amides is 1. The van der Waals surface area contributed by atoms with Gasteiger partial charge in [0.25, 0.3) is 0 Å². The molecule has 1 atom stereocenters. The maximum atomic E-state index is 11.5. The van der Waals surface area contributed by atoms with E-state index in [1.165, 1.54) is 0 Å². The largest absolute Gasteiger partial charge is 0.355 e. The van der Waals surface area contributed by atoms with E-state index in [1.807, 2.05) is 7.05 Å². The maximum absolute atomic E-state index is 11.5. The van der Waals surface area contributed by atoms with Crippen LogP contribution in [0.1, 0.15) is 26.2 Å². The Kier molecular flexibility index (Phi) is 5.65. The van der Waals surface area contributed by atoms with Crippen molar-refractivity contribution in [2.75, 3.05) is 33.2 Å². The first kappa shape index (κ1) is 12.5. The van der Waals surface area contributed by atoms with Crippen molar-refractivity contribution in [3.63, 3.8) is 0 Å². The monoisotopic (exact) mass is 213 g/mol. The molecule has 1 amide bonds. The summed E-state index contributed by atoms with van der Waals surface area (Å²) < 4.78 is 0. The molecule has 0 radical (unpaired) electrons. The molecule has 1 heterocycles. The van der Waals surface area contributed by atoms with E-state index in [2.05, 4.69) is 22.5 Å². The van der Waals surface area contributed by atoms with E-state index in [1.54, 1.807) is 0 Å². The van der Waals surface area contributed by atoms with Crippen LogP contribution in [0, 0.1) is 0 Å². The lowest BCUT2D eigenvalue weighted by Gasteiger charge is -2.22. The first-order valence-corrected chi connectivity index (χ1v) is 5.91. The van der Waals surface area contributed by atoms with Crippen LogP contribution in [0.4, 0.5) is 0 Å². The van der Waals surface area contributed by atoms with E-state index in [4.69, 9.17) is 0 Å². The predicted octanol–water partition coefficient (Wildman–Crippen LogP) is 0.196. The fourth-order valence-electron chi connectivity index (χ4n) is 1.83. The molecular formula is C11H23N3O. The Hall–Kier alpha value is -0.610. The zero-order valence-corrected chi connectivity index (χ0v) is 9.88. The molecule has 15 heavy (non-hydrogen) atoms. The van der Waals surface area contributed by atoms with Crippen LogP contribution >= 0.6 is 0 Å². The van der Waals surface area contributed by atoms with E-state index in [9.17, 15) is 4.79 Å². The van der Waals surface area contributed by atoms with Gasteiger partial charge in [-0.05, 0) is 26.4 Å². The summed E-state index contributed by atoms with van der Waals surface area (Å²) in [6, 6.07) is 0.530. The molecule has 1 fully saturated rings. The highest BCUT2D eigenvalue weighted by atomic mass is 16.2. The van der Waals surface area contributed by atoms with Gasteiger partial charge in [0.05, 0.1) is 6.54 Å². The van der Waals surface area contributed by atoms with Crippen LogP contribution in [-0.4, -0.2) is 50.1 Å². The predicted molar refractivity (Wildman–Crippen MR) is 61.8 cm³/mol. The highest BCUT2D eigenvalue weighted by Crippen LogP contribution is 2.04. The molecule has 1 aliphatic rings. The van der Waals surface area contributed by atoms with Gasteiger partial charge >= 0.3 is 0 Å². The van der Waals surface area contributed by atoms with Crippen molar-refractivity contribution in [3.05, 3.63) is 0 Å². The number of nitrogens with one attached hydrogen (secondary N) is 2. The van der Waals surface area contributed by atoms with Crippen molar-refractivity contribution in [2.45, 2.75) is 32.2 Å². The van der Waals surface area contributed by atoms with E-state index < -0.39 is 0 Å². The van der Waals surface area contributed by atoms with Crippen LogP contribution in [0.5, 0.6) is 0 Å². The fraction of sp³-hybridized carbons (Fsp3) is 0.909. The third kappa shape index (κ3) is 4.62. The van der Waals surface area contributed by atoms with Gasteiger partial charge in [-0.1, -0.05) is 13.3 Å². The highest BCUT2D eigenvalue weighted by molar-refractivity contribution is 5.77. The van der Waals surface area contributed by atoms with Crippen molar-refractivity contribution < 1.29 is 4.79 Å². The number of rotatable bonds is 6. The van der Waals surface area contributed by atoms with Gasteiger partial charge in [-0.15, -0.1) is 0 Å². The molecule has 0 spiro atoms. The Balaban J connectivity index is 2.13. The summed E-state index contributed by atoms with van der Waals surface area (Å²) in [4.78, 5) is 13.7. The molecule has 0 aliphatic carbocycles. The Morgan fingerprint density at radius 2 is 2.40 bits per heavy atom. The highest BCUT2D eigenvalue weighted by Gasteiger charge is 2.20. The van der Waals surface area contributed by atoms with Crippen LogP contribution in [-0.2, 0) is 4.79 Å². The molecule has 4 nitrogen and oxygen atoms in total. The van der Waals surface area contributed by atoms with Crippen molar-refractivity contribution in [2.24, 2.45) is 0 Å². The van der Waals surface area contributed by atoms with Crippen LogP contribution in [0.3, 0.4) is 0 Å². The van der Waals surface area contributed by atoms with Gasteiger partial charge < -0.3 is 10.6 Å². The average molecular weight is 213 g/mol. The second kappa shape index (κ2) is 6.80. The lowest BCUT2D eigenvalue weighted by molar-refractivity contribution is -0.122.